The minimum atomic E-state index is 0.369. The first kappa shape index (κ1) is 12.5. The summed E-state index contributed by atoms with van der Waals surface area (Å²) in [7, 11) is 0. The minimum Gasteiger partial charge on any atom is -0.376 e. The summed E-state index contributed by atoms with van der Waals surface area (Å²) < 4.78 is 6.07. The van der Waals surface area contributed by atoms with Gasteiger partial charge in [-0.3, -0.25) is 0 Å². The van der Waals surface area contributed by atoms with Gasteiger partial charge in [0.05, 0.1) is 11.5 Å². The maximum absolute atomic E-state index is 6.07. The zero-order chi connectivity index (χ0) is 13.4. The number of thiophene rings is 1. The molecule has 0 radical (unpaired) electrons. The molecule has 0 aromatic carbocycles. The van der Waals surface area contributed by atoms with Gasteiger partial charge in [0.1, 0.15) is 17.0 Å². The van der Waals surface area contributed by atoms with Crippen molar-refractivity contribution in [1.82, 2.24) is 9.97 Å². The maximum Gasteiger partial charge on any atom is 0.140 e. The lowest BCUT2D eigenvalue weighted by Gasteiger charge is -2.33. The number of rotatable bonds is 4. The van der Waals surface area contributed by atoms with Crippen LogP contribution in [-0.2, 0) is 4.74 Å². The van der Waals surface area contributed by atoms with E-state index in [-0.39, 0.29) is 0 Å². The molecule has 1 saturated heterocycles. The maximum atomic E-state index is 6.07. The lowest BCUT2D eigenvalue weighted by Crippen LogP contribution is -2.40. The smallest absolute Gasteiger partial charge is 0.140 e. The molecule has 0 bridgehead atoms. The highest BCUT2D eigenvalue weighted by molar-refractivity contribution is 7.16. The predicted octanol–water partition coefficient (Wildman–Crippen LogP) is 3.09. The van der Waals surface area contributed by atoms with E-state index in [1.165, 1.54) is 31.1 Å². The van der Waals surface area contributed by atoms with E-state index in [9.17, 15) is 0 Å². The van der Waals surface area contributed by atoms with E-state index >= 15 is 0 Å². The SMILES string of the molecule is c1nc(N2CCCC(OCC3CC3)C2)c2ccsc2n1. The number of piperidine rings is 1. The second-order valence-corrected chi connectivity index (χ2v) is 6.72. The molecule has 1 unspecified atom stereocenters. The number of hydrogen-bond acceptors (Lipinski definition) is 5. The summed E-state index contributed by atoms with van der Waals surface area (Å²) in [6, 6.07) is 2.13. The van der Waals surface area contributed by atoms with E-state index < -0.39 is 0 Å². The van der Waals surface area contributed by atoms with Gasteiger partial charge < -0.3 is 9.64 Å². The molecular weight excluding hydrogens is 270 g/mol. The Labute approximate surface area is 122 Å². The van der Waals surface area contributed by atoms with Gasteiger partial charge in [0, 0.05) is 19.7 Å². The Morgan fingerprint density at radius 2 is 2.25 bits per heavy atom. The number of nitrogens with zero attached hydrogens (tertiary/aromatic N) is 3. The number of hydrogen-bond donors (Lipinski definition) is 0. The molecule has 5 heteroatoms. The second kappa shape index (κ2) is 5.30. The van der Waals surface area contributed by atoms with Crippen molar-refractivity contribution in [3.05, 3.63) is 17.8 Å². The van der Waals surface area contributed by atoms with E-state index in [0.717, 1.165) is 36.3 Å². The molecule has 1 saturated carbocycles. The van der Waals surface area contributed by atoms with Gasteiger partial charge >= 0.3 is 0 Å². The van der Waals surface area contributed by atoms with Gasteiger partial charge in [0.2, 0.25) is 0 Å². The number of aromatic nitrogens is 2. The zero-order valence-corrected chi connectivity index (χ0v) is 12.3. The molecule has 2 fully saturated rings. The molecule has 1 aliphatic heterocycles. The molecule has 3 heterocycles. The average Bonchev–Trinajstić information content (AvgIpc) is 3.20. The Morgan fingerprint density at radius 3 is 3.15 bits per heavy atom. The van der Waals surface area contributed by atoms with Crippen LogP contribution >= 0.6 is 11.3 Å². The van der Waals surface area contributed by atoms with Crippen molar-refractivity contribution in [1.29, 1.82) is 0 Å². The van der Waals surface area contributed by atoms with Crippen LogP contribution in [0.3, 0.4) is 0 Å². The van der Waals surface area contributed by atoms with Gasteiger partial charge in [-0.15, -0.1) is 11.3 Å². The molecule has 1 aliphatic carbocycles. The highest BCUT2D eigenvalue weighted by atomic mass is 32.1. The van der Waals surface area contributed by atoms with Crippen LogP contribution in [0.1, 0.15) is 25.7 Å². The summed E-state index contributed by atoms with van der Waals surface area (Å²) in [5, 5.41) is 3.27. The average molecular weight is 289 g/mol. The van der Waals surface area contributed by atoms with Crippen molar-refractivity contribution in [2.45, 2.75) is 31.8 Å². The molecule has 0 spiro atoms. The predicted molar refractivity (Wildman–Crippen MR) is 81.3 cm³/mol. The summed E-state index contributed by atoms with van der Waals surface area (Å²) in [6.07, 6.45) is 7.14. The Kier molecular flexibility index (Phi) is 3.32. The van der Waals surface area contributed by atoms with Crippen LogP contribution in [0.2, 0.25) is 0 Å². The Morgan fingerprint density at radius 1 is 1.30 bits per heavy atom. The molecule has 4 rings (SSSR count). The highest BCUT2D eigenvalue weighted by Gasteiger charge is 2.27. The van der Waals surface area contributed by atoms with E-state index in [0.29, 0.717) is 6.10 Å². The third-order valence-corrected chi connectivity index (χ3v) is 5.00. The van der Waals surface area contributed by atoms with Gasteiger partial charge in [-0.25, -0.2) is 9.97 Å². The van der Waals surface area contributed by atoms with Crippen molar-refractivity contribution < 1.29 is 4.74 Å². The fourth-order valence-electron chi connectivity index (χ4n) is 2.85. The van der Waals surface area contributed by atoms with Crippen molar-refractivity contribution >= 4 is 27.4 Å². The van der Waals surface area contributed by atoms with Gasteiger partial charge in [0.25, 0.3) is 0 Å². The molecule has 1 atom stereocenters. The summed E-state index contributed by atoms with van der Waals surface area (Å²) >= 11 is 1.68. The lowest BCUT2D eigenvalue weighted by atomic mass is 10.1. The van der Waals surface area contributed by atoms with Gasteiger partial charge in [0.15, 0.2) is 0 Å². The molecular formula is C15H19N3OS. The van der Waals surface area contributed by atoms with Crippen LogP contribution in [0.25, 0.3) is 10.2 Å². The van der Waals surface area contributed by atoms with E-state index in [2.05, 4.69) is 26.3 Å². The van der Waals surface area contributed by atoms with Crippen molar-refractivity contribution in [3.63, 3.8) is 0 Å². The Balaban J connectivity index is 1.50. The Hall–Kier alpha value is -1.20. The molecule has 20 heavy (non-hydrogen) atoms. The molecule has 2 aromatic rings. The number of fused-ring (bicyclic) bond motifs is 1. The number of ether oxygens (including phenoxy) is 1. The first-order valence-electron chi connectivity index (χ1n) is 7.45. The van der Waals surface area contributed by atoms with Crippen molar-refractivity contribution in [3.8, 4) is 0 Å². The monoisotopic (exact) mass is 289 g/mol. The topological polar surface area (TPSA) is 38.2 Å². The third kappa shape index (κ3) is 2.52. The van der Waals surface area contributed by atoms with Crippen LogP contribution in [0, 0.1) is 5.92 Å². The van der Waals surface area contributed by atoms with Crippen LogP contribution in [0.15, 0.2) is 17.8 Å². The standard InChI is InChI=1S/C15H19N3OS/c1-2-12(19-9-11-3-4-11)8-18(6-1)14-13-5-7-20-15(13)17-10-16-14/h5,7,10-12H,1-4,6,8-9H2. The van der Waals surface area contributed by atoms with Crippen LogP contribution < -0.4 is 4.90 Å². The molecule has 0 N–H and O–H groups in total. The molecule has 2 aliphatic rings. The summed E-state index contributed by atoms with van der Waals surface area (Å²) in [4.78, 5) is 12.3. The molecule has 0 amide bonds. The van der Waals surface area contributed by atoms with Crippen LogP contribution in [0.5, 0.6) is 0 Å². The fraction of sp³-hybridized carbons (Fsp3) is 0.600. The molecule has 2 aromatic heterocycles. The zero-order valence-electron chi connectivity index (χ0n) is 11.5. The normalized spacial score (nSPS) is 23.4. The Bertz CT molecular complexity index is 596. The van der Waals surface area contributed by atoms with Crippen molar-refractivity contribution in [2.75, 3.05) is 24.6 Å². The lowest BCUT2D eigenvalue weighted by molar-refractivity contribution is 0.0368. The van der Waals surface area contributed by atoms with E-state index in [1.54, 1.807) is 17.7 Å². The largest absolute Gasteiger partial charge is 0.376 e. The third-order valence-electron chi connectivity index (χ3n) is 4.18. The van der Waals surface area contributed by atoms with Crippen LogP contribution in [0.4, 0.5) is 5.82 Å². The van der Waals surface area contributed by atoms with E-state index in [4.69, 9.17) is 4.74 Å². The summed E-state index contributed by atoms with van der Waals surface area (Å²) in [5.41, 5.74) is 0. The quantitative estimate of drug-likeness (QED) is 0.867. The first-order chi connectivity index (χ1) is 9.90. The second-order valence-electron chi connectivity index (χ2n) is 5.82. The van der Waals surface area contributed by atoms with E-state index in [1.807, 2.05) is 0 Å². The van der Waals surface area contributed by atoms with Gasteiger partial charge in [-0.1, -0.05) is 0 Å². The molecule has 106 valence electrons. The fourth-order valence-corrected chi connectivity index (χ4v) is 3.58. The van der Waals surface area contributed by atoms with Crippen LogP contribution in [-0.4, -0.2) is 35.8 Å². The summed E-state index contributed by atoms with van der Waals surface area (Å²) in [6.45, 7) is 3.00. The minimum absolute atomic E-state index is 0.369. The first-order valence-corrected chi connectivity index (χ1v) is 8.33. The highest BCUT2D eigenvalue weighted by Crippen LogP contribution is 2.31. The molecule has 4 nitrogen and oxygen atoms in total. The summed E-state index contributed by atoms with van der Waals surface area (Å²) in [5.74, 6) is 1.92. The number of anilines is 1. The van der Waals surface area contributed by atoms with Gasteiger partial charge in [-0.05, 0) is 43.0 Å². The van der Waals surface area contributed by atoms with Gasteiger partial charge in [-0.2, -0.15) is 0 Å². The van der Waals surface area contributed by atoms with Crippen molar-refractivity contribution in [2.24, 2.45) is 5.92 Å².